The molecule has 0 saturated carbocycles. The van der Waals surface area contributed by atoms with Gasteiger partial charge in [-0.15, -0.1) is 0 Å². The molecule has 0 aliphatic heterocycles. The second kappa shape index (κ2) is 7.83. The summed E-state index contributed by atoms with van der Waals surface area (Å²) in [6.07, 6.45) is 0.225. The number of hydrogen-bond donors (Lipinski definition) is 2. The van der Waals surface area contributed by atoms with Gasteiger partial charge in [-0.1, -0.05) is 30.3 Å². The van der Waals surface area contributed by atoms with E-state index in [9.17, 15) is 9.59 Å². The predicted molar refractivity (Wildman–Crippen MR) is 85.9 cm³/mol. The molecule has 0 radical (unpaired) electrons. The number of rotatable bonds is 6. The number of carbonyl (C=O) groups excluding carboxylic acids is 2. The maximum atomic E-state index is 11.9. The first-order chi connectivity index (χ1) is 10.6. The van der Waals surface area contributed by atoms with Gasteiger partial charge in [-0.2, -0.15) is 0 Å². The Bertz CT molecular complexity index is 641. The summed E-state index contributed by atoms with van der Waals surface area (Å²) in [6, 6.07) is 16.4. The molecule has 0 aliphatic rings. The Morgan fingerprint density at radius 3 is 2.14 bits per heavy atom. The lowest BCUT2D eigenvalue weighted by Gasteiger charge is -2.11. The van der Waals surface area contributed by atoms with Gasteiger partial charge in [0.25, 0.3) is 0 Å². The minimum atomic E-state index is -0.186. The Morgan fingerprint density at radius 2 is 1.50 bits per heavy atom. The zero-order valence-electron chi connectivity index (χ0n) is 12.3. The summed E-state index contributed by atoms with van der Waals surface area (Å²) in [5.41, 5.74) is 1.15. The average Bonchev–Trinajstić information content (AvgIpc) is 2.50. The number of para-hydroxylation sites is 3. The molecule has 0 heterocycles. The molecule has 0 aromatic heterocycles. The zero-order valence-corrected chi connectivity index (χ0v) is 12.3. The number of amides is 2. The van der Waals surface area contributed by atoms with Crippen molar-refractivity contribution in [3.63, 3.8) is 0 Å². The second-order valence-corrected chi connectivity index (χ2v) is 4.69. The fraction of sp³-hybridized carbons (Fsp3) is 0.176. The summed E-state index contributed by atoms with van der Waals surface area (Å²) in [6.45, 7) is 1.71. The largest absolute Gasteiger partial charge is 0.493 e. The van der Waals surface area contributed by atoms with Crippen LogP contribution in [0, 0.1) is 0 Å². The van der Waals surface area contributed by atoms with Crippen LogP contribution < -0.4 is 15.4 Å². The van der Waals surface area contributed by atoms with Gasteiger partial charge in [-0.25, -0.2) is 0 Å². The topological polar surface area (TPSA) is 67.4 Å². The molecule has 0 unspecified atom stereocenters. The summed E-state index contributed by atoms with van der Waals surface area (Å²) in [4.78, 5) is 23.1. The molecular formula is C17H18N2O3. The smallest absolute Gasteiger partial charge is 0.227 e. The molecule has 0 bridgehead atoms. The average molecular weight is 298 g/mol. The number of nitrogens with one attached hydrogen (secondary N) is 2. The molecule has 5 heteroatoms. The van der Waals surface area contributed by atoms with Crippen molar-refractivity contribution in [1.29, 1.82) is 0 Å². The van der Waals surface area contributed by atoms with Crippen LogP contribution in [0.5, 0.6) is 5.75 Å². The zero-order chi connectivity index (χ0) is 15.8. The Balaban J connectivity index is 1.85. The van der Waals surface area contributed by atoms with Crippen molar-refractivity contribution in [3.8, 4) is 5.75 Å². The third kappa shape index (κ3) is 4.94. The number of ether oxygens (including phenoxy) is 1. The quantitative estimate of drug-likeness (QED) is 0.861. The van der Waals surface area contributed by atoms with E-state index in [2.05, 4.69) is 10.6 Å². The Hall–Kier alpha value is -2.82. The highest BCUT2D eigenvalue weighted by molar-refractivity contribution is 5.98. The van der Waals surface area contributed by atoms with Gasteiger partial charge in [-0.05, 0) is 24.3 Å². The molecule has 0 saturated heterocycles. The maximum absolute atomic E-state index is 11.9. The van der Waals surface area contributed by atoms with Gasteiger partial charge in [0.05, 0.1) is 24.4 Å². The van der Waals surface area contributed by atoms with Crippen LogP contribution in [-0.4, -0.2) is 18.4 Å². The molecule has 0 aliphatic carbocycles. The standard InChI is InChI=1S/C17H18N2O3/c1-13(20)18-15-9-5-6-10-16(15)19-17(21)11-12-22-14-7-3-2-4-8-14/h2-10H,11-12H2,1H3,(H,18,20)(H,19,21). The van der Waals surface area contributed by atoms with Crippen molar-refractivity contribution in [2.75, 3.05) is 17.2 Å². The van der Waals surface area contributed by atoms with E-state index in [1.165, 1.54) is 6.92 Å². The Labute approximate surface area is 129 Å². The number of anilines is 2. The summed E-state index contributed by atoms with van der Waals surface area (Å²) in [5, 5.41) is 5.44. The van der Waals surface area contributed by atoms with E-state index >= 15 is 0 Å². The predicted octanol–water partition coefficient (Wildman–Crippen LogP) is 3.05. The minimum Gasteiger partial charge on any atom is -0.493 e. The summed E-state index contributed by atoms with van der Waals surface area (Å²) >= 11 is 0. The first-order valence-electron chi connectivity index (χ1n) is 6.99. The Morgan fingerprint density at radius 1 is 0.909 bits per heavy atom. The highest BCUT2D eigenvalue weighted by atomic mass is 16.5. The van der Waals surface area contributed by atoms with Gasteiger partial charge in [-0.3, -0.25) is 9.59 Å². The normalized spacial score (nSPS) is 9.86. The molecule has 2 rings (SSSR count). The van der Waals surface area contributed by atoms with Gasteiger partial charge in [0.1, 0.15) is 5.75 Å². The maximum Gasteiger partial charge on any atom is 0.227 e. The first kappa shape index (κ1) is 15.6. The molecule has 0 spiro atoms. The van der Waals surface area contributed by atoms with E-state index in [1.54, 1.807) is 24.3 Å². The van der Waals surface area contributed by atoms with Crippen LogP contribution in [0.2, 0.25) is 0 Å². The van der Waals surface area contributed by atoms with Gasteiger partial charge in [0, 0.05) is 6.92 Å². The van der Waals surface area contributed by atoms with Crippen LogP contribution in [0.1, 0.15) is 13.3 Å². The van der Waals surface area contributed by atoms with Gasteiger partial charge < -0.3 is 15.4 Å². The van der Waals surface area contributed by atoms with Gasteiger partial charge in [0.2, 0.25) is 11.8 Å². The highest BCUT2D eigenvalue weighted by Crippen LogP contribution is 2.21. The van der Waals surface area contributed by atoms with Gasteiger partial charge in [0.15, 0.2) is 0 Å². The molecule has 0 atom stereocenters. The Kier molecular flexibility index (Phi) is 5.54. The van der Waals surface area contributed by atoms with Crippen molar-refractivity contribution < 1.29 is 14.3 Å². The van der Waals surface area contributed by atoms with Crippen LogP contribution in [0.3, 0.4) is 0 Å². The van der Waals surface area contributed by atoms with E-state index in [4.69, 9.17) is 4.74 Å². The van der Waals surface area contributed by atoms with E-state index in [1.807, 2.05) is 30.3 Å². The molecule has 5 nitrogen and oxygen atoms in total. The fourth-order valence-corrected chi connectivity index (χ4v) is 1.88. The van der Waals surface area contributed by atoms with Crippen LogP contribution in [0.4, 0.5) is 11.4 Å². The molecule has 0 fully saturated rings. The molecule has 114 valence electrons. The summed E-state index contributed by atoms with van der Waals surface area (Å²) in [7, 11) is 0. The van der Waals surface area contributed by atoms with E-state index < -0.39 is 0 Å². The van der Waals surface area contributed by atoms with Crippen LogP contribution in [-0.2, 0) is 9.59 Å². The van der Waals surface area contributed by atoms with Crippen LogP contribution in [0.25, 0.3) is 0 Å². The van der Waals surface area contributed by atoms with E-state index in [0.29, 0.717) is 11.4 Å². The molecule has 2 aromatic carbocycles. The number of hydrogen-bond acceptors (Lipinski definition) is 3. The third-order valence-electron chi connectivity index (χ3n) is 2.85. The monoisotopic (exact) mass is 298 g/mol. The van der Waals surface area contributed by atoms with Crippen molar-refractivity contribution >= 4 is 23.2 Å². The summed E-state index contributed by atoms with van der Waals surface area (Å²) < 4.78 is 5.48. The van der Waals surface area contributed by atoms with Crippen LogP contribution in [0.15, 0.2) is 54.6 Å². The lowest BCUT2D eigenvalue weighted by molar-refractivity contribution is -0.117. The van der Waals surface area contributed by atoms with Crippen molar-refractivity contribution in [1.82, 2.24) is 0 Å². The number of benzene rings is 2. The molecule has 22 heavy (non-hydrogen) atoms. The van der Waals surface area contributed by atoms with Crippen LogP contribution >= 0.6 is 0 Å². The molecular weight excluding hydrogens is 280 g/mol. The lowest BCUT2D eigenvalue weighted by Crippen LogP contribution is -2.17. The van der Waals surface area contributed by atoms with Crippen molar-refractivity contribution in [3.05, 3.63) is 54.6 Å². The third-order valence-corrected chi connectivity index (χ3v) is 2.85. The second-order valence-electron chi connectivity index (χ2n) is 4.69. The molecule has 2 N–H and O–H groups in total. The summed E-state index contributed by atoms with van der Waals surface area (Å²) in [5.74, 6) is 0.372. The van der Waals surface area contributed by atoms with Crippen molar-refractivity contribution in [2.45, 2.75) is 13.3 Å². The minimum absolute atomic E-state index is 0.172. The fourth-order valence-electron chi connectivity index (χ4n) is 1.88. The lowest BCUT2D eigenvalue weighted by atomic mass is 10.2. The number of carbonyl (C=O) groups is 2. The molecule has 2 aromatic rings. The highest BCUT2D eigenvalue weighted by Gasteiger charge is 2.07. The molecule has 2 amide bonds. The first-order valence-corrected chi connectivity index (χ1v) is 6.99. The van der Waals surface area contributed by atoms with Crippen molar-refractivity contribution in [2.24, 2.45) is 0 Å². The SMILES string of the molecule is CC(=O)Nc1ccccc1NC(=O)CCOc1ccccc1. The van der Waals surface area contributed by atoms with Gasteiger partial charge >= 0.3 is 0 Å². The van der Waals surface area contributed by atoms with E-state index in [0.717, 1.165) is 5.75 Å². The van der Waals surface area contributed by atoms with E-state index in [-0.39, 0.29) is 24.8 Å².